The van der Waals surface area contributed by atoms with Gasteiger partial charge in [-0.25, -0.2) is 0 Å². The van der Waals surface area contributed by atoms with Crippen LogP contribution in [0.3, 0.4) is 0 Å². The van der Waals surface area contributed by atoms with Gasteiger partial charge in [0.05, 0.1) is 18.2 Å². The van der Waals surface area contributed by atoms with Crippen molar-refractivity contribution in [2.75, 3.05) is 0 Å². The van der Waals surface area contributed by atoms with Crippen LogP contribution in [-0.2, 0) is 0 Å². The molecular weight excluding hydrogens is 304 g/mol. The average molecular weight is 312 g/mol. The second-order valence-corrected chi connectivity index (χ2v) is 8.57. The van der Waals surface area contributed by atoms with Crippen molar-refractivity contribution in [3.8, 4) is 0 Å². The van der Waals surface area contributed by atoms with E-state index in [9.17, 15) is 9.59 Å². The van der Waals surface area contributed by atoms with Gasteiger partial charge in [-0.15, -0.1) is 22.7 Å². The average Bonchev–Trinajstić information content (AvgIpc) is 2.87. The van der Waals surface area contributed by atoms with Gasteiger partial charge in [-0.05, 0) is 26.0 Å². The Kier molecular flexibility index (Phi) is 3.13. The van der Waals surface area contributed by atoms with Crippen molar-refractivity contribution in [2.24, 2.45) is 0 Å². The lowest BCUT2D eigenvalue weighted by molar-refractivity contribution is 0.101. The van der Waals surface area contributed by atoms with E-state index in [1.807, 2.05) is 12.1 Å². The van der Waals surface area contributed by atoms with E-state index in [1.54, 1.807) is 37.4 Å². The Morgan fingerprint density at radius 2 is 1.22 bits per heavy atom. The van der Waals surface area contributed by atoms with Crippen LogP contribution in [0, 0.1) is 0 Å². The third-order valence-electron chi connectivity index (χ3n) is 2.43. The topological polar surface area (TPSA) is 34.1 Å². The molecule has 2 aromatic rings. The molecule has 0 atom stereocenters. The number of carbonyl (C=O) groups is 2. The maximum absolute atomic E-state index is 11.4. The molecule has 0 saturated heterocycles. The van der Waals surface area contributed by atoms with Crippen LogP contribution in [0.4, 0.5) is 0 Å². The normalized spacial score (nSPS) is 13.0. The van der Waals surface area contributed by atoms with Crippen LogP contribution >= 0.6 is 46.2 Å². The number of rotatable bonds is 2. The molecule has 0 aromatic carbocycles. The maximum atomic E-state index is 11.4. The summed E-state index contributed by atoms with van der Waals surface area (Å²) in [6.45, 7) is 3.19. The molecule has 0 radical (unpaired) electrons. The van der Waals surface area contributed by atoms with E-state index in [0.717, 1.165) is 28.0 Å². The van der Waals surface area contributed by atoms with E-state index in [0.29, 0.717) is 0 Å². The molecule has 92 valence electrons. The molecule has 0 amide bonds. The van der Waals surface area contributed by atoms with E-state index in [1.165, 1.54) is 22.7 Å². The number of hydrogen-bond acceptors (Lipinski definition) is 6. The van der Waals surface area contributed by atoms with Crippen molar-refractivity contribution >= 4 is 57.8 Å². The fourth-order valence-corrected chi connectivity index (χ4v) is 6.70. The number of carbonyl (C=O) groups excluding carboxylic acids is 2. The molecule has 1 aliphatic rings. The van der Waals surface area contributed by atoms with Gasteiger partial charge >= 0.3 is 0 Å². The summed E-state index contributed by atoms with van der Waals surface area (Å²) >= 11 is 6.40. The standard InChI is InChI=1S/C12H8O2S4/c1-5(13)7-3-9-11(15-7)18-10-4-8(6(2)14)16-12(10)17-9/h3-4H,1-2H3. The molecule has 0 saturated carbocycles. The van der Waals surface area contributed by atoms with Crippen LogP contribution in [0.2, 0.25) is 0 Å². The van der Waals surface area contributed by atoms with Gasteiger partial charge in [0.2, 0.25) is 0 Å². The van der Waals surface area contributed by atoms with E-state index < -0.39 is 0 Å². The summed E-state index contributed by atoms with van der Waals surface area (Å²) in [6.07, 6.45) is 0. The van der Waals surface area contributed by atoms with Crippen molar-refractivity contribution in [2.45, 2.75) is 32.1 Å². The number of thiophene rings is 2. The lowest BCUT2D eigenvalue weighted by atomic mass is 10.4. The first-order valence-corrected chi connectivity index (χ1v) is 8.46. The Morgan fingerprint density at radius 1 is 0.833 bits per heavy atom. The monoisotopic (exact) mass is 312 g/mol. The Bertz CT molecular complexity index is 568. The van der Waals surface area contributed by atoms with E-state index in [4.69, 9.17) is 0 Å². The van der Waals surface area contributed by atoms with Crippen LogP contribution < -0.4 is 0 Å². The first-order valence-electron chi connectivity index (χ1n) is 5.20. The summed E-state index contributed by atoms with van der Waals surface area (Å²) in [5.74, 6) is 0.228. The predicted molar refractivity (Wildman–Crippen MR) is 76.9 cm³/mol. The Morgan fingerprint density at radius 3 is 1.56 bits per heavy atom. The predicted octanol–water partition coefficient (Wildman–Crippen LogP) is 4.83. The smallest absolute Gasteiger partial charge is 0.169 e. The van der Waals surface area contributed by atoms with Crippen LogP contribution in [0.25, 0.3) is 0 Å². The molecule has 3 rings (SSSR count). The number of hydrogen-bond donors (Lipinski definition) is 0. The summed E-state index contributed by atoms with van der Waals surface area (Å²) < 4.78 is 2.32. The van der Waals surface area contributed by atoms with E-state index in [-0.39, 0.29) is 11.6 Å². The molecule has 6 heteroatoms. The minimum Gasteiger partial charge on any atom is -0.294 e. The van der Waals surface area contributed by atoms with E-state index in [2.05, 4.69) is 0 Å². The lowest BCUT2D eigenvalue weighted by Crippen LogP contribution is -1.83. The number of ketones is 2. The summed E-state index contributed by atoms with van der Waals surface area (Å²) in [5, 5.41) is 0. The molecule has 1 aliphatic heterocycles. The van der Waals surface area contributed by atoms with Crippen molar-refractivity contribution in [1.29, 1.82) is 0 Å². The summed E-state index contributed by atoms with van der Waals surface area (Å²) in [7, 11) is 0. The zero-order valence-electron chi connectivity index (χ0n) is 9.60. The van der Waals surface area contributed by atoms with Crippen molar-refractivity contribution in [3.63, 3.8) is 0 Å². The van der Waals surface area contributed by atoms with Gasteiger partial charge in [-0.3, -0.25) is 9.59 Å². The summed E-state index contributed by atoms with van der Waals surface area (Å²) in [6, 6.07) is 3.91. The first-order chi connectivity index (χ1) is 8.54. The second-order valence-electron chi connectivity index (χ2n) is 3.84. The van der Waals surface area contributed by atoms with Crippen LogP contribution in [0.15, 0.2) is 30.3 Å². The van der Waals surface area contributed by atoms with Crippen LogP contribution in [-0.4, -0.2) is 11.6 Å². The van der Waals surface area contributed by atoms with Crippen molar-refractivity contribution < 1.29 is 9.59 Å². The maximum Gasteiger partial charge on any atom is 0.169 e. The van der Waals surface area contributed by atoms with Crippen molar-refractivity contribution in [3.05, 3.63) is 21.9 Å². The minimum absolute atomic E-state index is 0.114. The van der Waals surface area contributed by atoms with Crippen LogP contribution in [0.1, 0.15) is 33.2 Å². The van der Waals surface area contributed by atoms with Gasteiger partial charge in [-0.1, -0.05) is 23.5 Å². The molecule has 2 aromatic heterocycles. The molecule has 0 bridgehead atoms. The molecular formula is C12H8O2S4. The fourth-order valence-electron chi connectivity index (χ4n) is 1.55. The van der Waals surface area contributed by atoms with Gasteiger partial charge in [-0.2, -0.15) is 0 Å². The third kappa shape index (κ3) is 2.07. The van der Waals surface area contributed by atoms with Gasteiger partial charge in [0.15, 0.2) is 11.6 Å². The van der Waals surface area contributed by atoms with Crippen molar-refractivity contribution in [1.82, 2.24) is 0 Å². The van der Waals surface area contributed by atoms with Crippen LogP contribution in [0.5, 0.6) is 0 Å². The van der Waals surface area contributed by atoms with Gasteiger partial charge in [0.1, 0.15) is 0 Å². The highest BCUT2D eigenvalue weighted by Gasteiger charge is 2.24. The number of Topliss-reactive ketones (excluding diaryl/α,β-unsaturated/α-hetero) is 2. The molecule has 18 heavy (non-hydrogen) atoms. The molecule has 0 unspecified atom stereocenters. The second kappa shape index (κ2) is 4.52. The Balaban J connectivity index is 1.99. The first kappa shape index (κ1) is 12.5. The molecule has 0 fully saturated rings. The quantitative estimate of drug-likeness (QED) is 0.635. The number of fused-ring (bicyclic) bond motifs is 2. The summed E-state index contributed by atoms with van der Waals surface area (Å²) in [4.78, 5) is 26.6. The van der Waals surface area contributed by atoms with Gasteiger partial charge < -0.3 is 0 Å². The molecule has 0 spiro atoms. The largest absolute Gasteiger partial charge is 0.294 e. The van der Waals surface area contributed by atoms with Gasteiger partial charge in [0, 0.05) is 9.79 Å². The Hall–Kier alpha value is -0.560. The Labute approximate surface area is 121 Å². The van der Waals surface area contributed by atoms with Gasteiger partial charge in [0.25, 0.3) is 0 Å². The van der Waals surface area contributed by atoms with E-state index >= 15 is 0 Å². The molecule has 0 N–H and O–H groups in total. The lowest BCUT2D eigenvalue weighted by Gasteiger charge is -2.08. The highest BCUT2D eigenvalue weighted by Crippen LogP contribution is 2.54. The highest BCUT2D eigenvalue weighted by atomic mass is 32.2. The minimum atomic E-state index is 0.114. The zero-order valence-corrected chi connectivity index (χ0v) is 12.9. The zero-order chi connectivity index (χ0) is 12.9. The SMILES string of the molecule is CC(=O)c1cc2c(s1)Sc1cc(C(C)=O)sc1S2. The summed E-state index contributed by atoms with van der Waals surface area (Å²) in [5.41, 5.74) is 0. The third-order valence-corrected chi connectivity index (χ3v) is 7.90. The molecule has 2 nitrogen and oxygen atoms in total. The fraction of sp³-hybridized carbons (Fsp3) is 0.167. The molecule has 0 aliphatic carbocycles. The highest BCUT2D eigenvalue weighted by molar-refractivity contribution is 8.07. The molecule has 3 heterocycles.